The van der Waals surface area contributed by atoms with Gasteiger partial charge in [0.1, 0.15) is 0 Å². The maximum atomic E-state index is 12.7. The molecule has 4 rings (SSSR count). The number of hydrogen-bond acceptors (Lipinski definition) is 5. The highest BCUT2D eigenvalue weighted by Crippen LogP contribution is 2.21. The second kappa shape index (κ2) is 7.90. The molecular formula is C21H23N5O3. The molecule has 0 saturated carbocycles. The van der Waals surface area contributed by atoms with Gasteiger partial charge in [-0.05, 0) is 57.0 Å². The minimum atomic E-state index is -0.265. The van der Waals surface area contributed by atoms with Gasteiger partial charge in [-0.15, -0.1) is 0 Å². The van der Waals surface area contributed by atoms with E-state index in [0.29, 0.717) is 30.4 Å². The molecule has 1 aliphatic rings. The summed E-state index contributed by atoms with van der Waals surface area (Å²) >= 11 is 0. The van der Waals surface area contributed by atoms with Crippen molar-refractivity contribution in [1.82, 2.24) is 19.7 Å². The summed E-state index contributed by atoms with van der Waals surface area (Å²) in [4.78, 5) is 31.3. The molecule has 8 heteroatoms. The Labute approximate surface area is 168 Å². The summed E-state index contributed by atoms with van der Waals surface area (Å²) in [5, 5.41) is 7.32. The highest BCUT2D eigenvalue weighted by Gasteiger charge is 2.30. The van der Waals surface area contributed by atoms with Gasteiger partial charge in [-0.1, -0.05) is 0 Å². The maximum absolute atomic E-state index is 12.7. The van der Waals surface area contributed by atoms with Gasteiger partial charge in [0.05, 0.1) is 29.8 Å². The number of amides is 2. The fourth-order valence-corrected chi connectivity index (χ4v) is 3.62. The minimum absolute atomic E-state index is 0.109. The van der Waals surface area contributed by atoms with E-state index in [2.05, 4.69) is 15.4 Å². The zero-order valence-electron chi connectivity index (χ0n) is 16.5. The molecule has 4 heterocycles. The molecule has 1 fully saturated rings. The molecule has 150 valence electrons. The highest BCUT2D eigenvalue weighted by molar-refractivity contribution is 5.94. The first kappa shape index (κ1) is 18.9. The van der Waals surface area contributed by atoms with Crippen LogP contribution in [0, 0.1) is 19.8 Å². The second-order valence-electron chi connectivity index (χ2n) is 7.30. The van der Waals surface area contributed by atoms with E-state index >= 15 is 0 Å². The first-order chi connectivity index (χ1) is 14.0. The van der Waals surface area contributed by atoms with Crippen LogP contribution in [-0.4, -0.2) is 44.6 Å². The summed E-state index contributed by atoms with van der Waals surface area (Å²) in [6.45, 7) is 4.91. The van der Waals surface area contributed by atoms with Gasteiger partial charge < -0.3 is 14.6 Å². The number of carbonyl (C=O) groups is 2. The zero-order chi connectivity index (χ0) is 20.4. The molecule has 29 heavy (non-hydrogen) atoms. The van der Waals surface area contributed by atoms with Gasteiger partial charge in [0, 0.05) is 18.8 Å². The lowest BCUT2D eigenvalue weighted by Gasteiger charge is -2.31. The van der Waals surface area contributed by atoms with Gasteiger partial charge in [0.25, 0.3) is 5.91 Å². The standard InChI is InChI=1S/C21H23N5O3/c1-14-11-15(2)26(24-14)19-8-7-17(12-22-19)23-20(27)16-5-3-9-25(13-16)21(28)18-6-4-10-29-18/h4,6-8,10-12,16H,3,5,9,13H2,1-2H3,(H,23,27). The number of aromatic nitrogens is 3. The van der Waals surface area contributed by atoms with Crippen molar-refractivity contribution in [3.8, 4) is 5.82 Å². The van der Waals surface area contributed by atoms with Gasteiger partial charge >= 0.3 is 0 Å². The van der Waals surface area contributed by atoms with E-state index < -0.39 is 0 Å². The minimum Gasteiger partial charge on any atom is -0.459 e. The molecule has 1 unspecified atom stereocenters. The van der Waals surface area contributed by atoms with Gasteiger partial charge in [-0.2, -0.15) is 5.10 Å². The number of nitrogens with one attached hydrogen (secondary N) is 1. The number of piperidine rings is 1. The van der Waals surface area contributed by atoms with Crippen molar-refractivity contribution < 1.29 is 14.0 Å². The average Bonchev–Trinajstić information content (AvgIpc) is 3.38. The van der Waals surface area contributed by atoms with Gasteiger partial charge in [0.15, 0.2) is 11.6 Å². The van der Waals surface area contributed by atoms with Crippen molar-refractivity contribution in [3.63, 3.8) is 0 Å². The second-order valence-corrected chi connectivity index (χ2v) is 7.30. The number of aryl methyl sites for hydroxylation is 2. The van der Waals surface area contributed by atoms with Crippen molar-refractivity contribution in [2.45, 2.75) is 26.7 Å². The molecule has 1 atom stereocenters. The average molecular weight is 393 g/mol. The third-order valence-electron chi connectivity index (χ3n) is 5.05. The van der Waals surface area contributed by atoms with Crippen LogP contribution in [0.2, 0.25) is 0 Å². The van der Waals surface area contributed by atoms with E-state index in [1.807, 2.05) is 32.0 Å². The van der Waals surface area contributed by atoms with Crippen LogP contribution >= 0.6 is 0 Å². The van der Waals surface area contributed by atoms with Gasteiger partial charge in [0.2, 0.25) is 5.91 Å². The van der Waals surface area contributed by atoms with Crippen LogP contribution in [0.5, 0.6) is 0 Å². The Balaban J connectivity index is 1.40. The van der Waals surface area contributed by atoms with E-state index in [9.17, 15) is 9.59 Å². The summed E-state index contributed by atoms with van der Waals surface area (Å²) in [6, 6.07) is 8.94. The smallest absolute Gasteiger partial charge is 0.289 e. The number of likely N-dealkylation sites (tertiary alicyclic amines) is 1. The number of hydrogen-bond donors (Lipinski definition) is 1. The molecule has 0 aliphatic carbocycles. The number of pyridine rings is 1. The Morgan fingerprint density at radius 1 is 1.24 bits per heavy atom. The van der Waals surface area contributed by atoms with Crippen LogP contribution in [0.4, 0.5) is 5.69 Å². The molecule has 0 radical (unpaired) electrons. The molecular weight excluding hydrogens is 370 g/mol. The first-order valence-corrected chi connectivity index (χ1v) is 9.64. The van der Waals surface area contributed by atoms with Crippen LogP contribution in [0.25, 0.3) is 5.82 Å². The van der Waals surface area contributed by atoms with E-state index in [-0.39, 0.29) is 17.7 Å². The van der Waals surface area contributed by atoms with E-state index in [1.54, 1.807) is 27.9 Å². The monoisotopic (exact) mass is 393 g/mol. The summed E-state index contributed by atoms with van der Waals surface area (Å²) in [7, 11) is 0. The lowest BCUT2D eigenvalue weighted by molar-refractivity contribution is -0.121. The van der Waals surface area contributed by atoms with Crippen LogP contribution in [0.15, 0.2) is 47.2 Å². The highest BCUT2D eigenvalue weighted by atomic mass is 16.3. The summed E-state index contributed by atoms with van der Waals surface area (Å²) in [5.41, 5.74) is 2.54. The van der Waals surface area contributed by atoms with Gasteiger partial charge in [-0.25, -0.2) is 9.67 Å². The molecule has 0 aromatic carbocycles. The number of furan rings is 1. The lowest BCUT2D eigenvalue weighted by atomic mass is 9.97. The normalized spacial score (nSPS) is 16.6. The molecule has 2 amide bonds. The Kier molecular flexibility index (Phi) is 5.16. The predicted octanol–water partition coefficient (Wildman–Crippen LogP) is 2.97. The summed E-state index contributed by atoms with van der Waals surface area (Å²) < 4.78 is 6.95. The largest absolute Gasteiger partial charge is 0.459 e. The van der Waals surface area contributed by atoms with Crippen molar-refractivity contribution in [2.75, 3.05) is 18.4 Å². The van der Waals surface area contributed by atoms with Crippen molar-refractivity contribution in [1.29, 1.82) is 0 Å². The fourth-order valence-electron chi connectivity index (χ4n) is 3.62. The molecule has 0 bridgehead atoms. The predicted molar refractivity (Wildman–Crippen MR) is 107 cm³/mol. The van der Waals surface area contributed by atoms with E-state index in [0.717, 1.165) is 24.2 Å². The summed E-state index contributed by atoms with van der Waals surface area (Å²) in [6.07, 6.45) is 4.62. The molecule has 8 nitrogen and oxygen atoms in total. The first-order valence-electron chi connectivity index (χ1n) is 9.64. The molecule has 3 aromatic rings. The molecule has 3 aromatic heterocycles. The SMILES string of the molecule is Cc1cc(C)n(-c2ccc(NC(=O)C3CCCN(C(=O)c4ccco4)C3)cn2)n1. The van der Waals surface area contributed by atoms with Crippen LogP contribution in [-0.2, 0) is 4.79 Å². The summed E-state index contributed by atoms with van der Waals surface area (Å²) in [5.74, 6) is 0.445. The molecule has 0 spiro atoms. The van der Waals surface area contributed by atoms with Crippen LogP contribution < -0.4 is 5.32 Å². The quantitative estimate of drug-likeness (QED) is 0.736. The number of carbonyl (C=O) groups excluding carboxylic acids is 2. The number of anilines is 1. The molecule has 1 N–H and O–H groups in total. The lowest BCUT2D eigenvalue weighted by Crippen LogP contribution is -2.43. The molecule has 1 saturated heterocycles. The molecule has 1 aliphatic heterocycles. The fraction of sp³-hybridized carbons (Fsp3) is 0.333. The van der Waals surface area contributed by atoms with Gasteiger partial charge in [-0.3, -0.25) is 9.59 Å². The Hall–Kier alpha value is -3.42. The maximum Gasteiger partial charge on any atom is 0.289 e. The Morgan fingerprint density at radius 2 is 2.10 bits per heavy atom. The number of nitrogens with zero attached hydrogens (tertiary/aromatic N) is 4. The third kappa shape index (κ3) is 4.06. The van der Waals surface area contributed by atoms with Crippen molar-refractivity contribution in [2.24, 2.45) is 5.92 Å². The Morgan fingerprint density at radius 3 is 2.76 bits per heavy atom. The van der Waals surface area contributed by atoms with E-state index in [4.69, 9.17) is 4.42 Å². The Bertz CT molecular complexity index is 1010. The zero-order valence-corrected chi connectivity index (χ0v) is 16.5. The van der Waals surface area contributed by atoms with Crippen LogP contribution in [0.3, 0.4) is 0 Å². The number of rotatable bonds is 4. The van der Waals surface area contributed by atoms with Crippen molar-refractivity contribution in [3.05, 3.63) is 59.9 Å². The van der Waals surface area contributed by atoms with Crippen LogP contribution in [0.1, 0.15) is 34.8 Å². The third-order valence-corrected chi connectivity index (χ3v) is 5.05. The van der Waals surface area contributed by atoms with E-state index in [1.165, 1.54) is 6.26 Å². The topological polar surface area (TPSA) is 93.3 Å². The van der Waals surface area contributed by atoms with Crippen molar-refractivity contribution >= 4 is 17.5 Å².